The van der Waals surface area contributed by atoms with Gasteiger partial charge in [-0.05, 0) is 31.9 Å². The van der Waals surface area contributed by atoms with Crippen LogP contribution in [0.3, 0.4) is 0 Å². The highest BCUT2D eigenvalue weighted by Crippen LogP contribution is 2.26. The largest absolute Gasteiger partial charge is 0.464 e. The van der Waals surface area contributed by atoms with E-state index in [1.807, 2.05) is 26.0 Å². The molecule has 3 aromatic rings. The molecule has 3 rings (SSSR count). The summed E-state index contributed by atoms with van der Waals surface area (Å²) < 4.78 is 15.7. The number of aromatic nitrogens is 1. The second-order valence-electron chi connectivity index (χ2n) is 5.41. The number of nitrogens with zero attached hydrogens (tertiary/aromatic N) is 1. The number of rotatable bonds is 4. The van der Waals surface area contributed by atoms with Crippen molar-refractivity contribution in [1.29, 1.82) is 0 Å². The lowest BCUT2D eigenvalue weighted by molar-refractivity contribution is -0.144. The van der Waals surface area contributed by atoms with E-state index in [-0.39, 0.29) is 19.0 Å². The van der Waals surface area contributed by atoms with Gasteiger partial charge in [-0.25, -0.2) is 0 Å². The van der Waals surface area contributed by atoms with Gasteiger partial charge in [-0.2, -0.15) is 0 Å². The molecule has 2 heterocycles. The van der Waals surface area contributed by atoms with Gasteiger partial charge < -0.3 is 13.7 Å². The molecule has 114 valence electrons. The van der Waals surface area contributed by atoms with Crippen molar-refractivity contribution in [2.45, 2.75) is 33.8 Å². The summed E-state index contributed by atoms with van der Waals surface area (Å²) in [7, 11) is 0. The normalized spacial score (nSPS) is 11.0. The van der Waals surface area contributed by atoms with Crippen molar-refractivity contribution >= 4 is 16.9 Å². The number of aryl methyl sites for hydroxylation is 3. The summed E-state index contributed by atoms with van der Waals surface area (Å²) in [6, 6.07) is 5.75. The Kier molecular flexibility index (Phi) is 3.71. The average molecular weight is 299 g/mol. The predicted molar refractivity (Wildman–Crippen MR) is 80.4 cm³/mol. The van der Waals surface area contributed by atoms with Crippen LogP contribution in [0.5, 0.6) is 0 Å². The molecule has 0 radical (unpaired) electrons. The minimum Gasteiger partial charge on any atom is -0.464 e. The minimum absolute atomic E-state index is 0.115. The molecule has 0 aliphatic rings. The van der Waals surface area contributed by atoms with E-state index in [9.17, 15) is 4.79 Å². The fourth-order valence-electron chi connectivity index (χ4n) is 2.37. The van der Waals surface area contributed by atoms with Crippen molar-refractivity contribution < 1.29 is 18.5 Å². The molecule has 5 heteroatoms. The Morgan fingerprint density at radius 2 is 2.09 bits per heavy atom. The molecule has 0 bridgehead atoms. The van der Waals surface area contributed by atoms with Crippen molar-refractivity contribution in [2.75, 3.05) is 0 Å². The van der Waals surface area contributed by atoms with Gasteiger partial charge in [0, 0.05) is 17.0 Å². The molecule has 0 fully saturated rings. The van der Waals surface area contributed by atoms with Gasteiger partial charge in [0.25, 0.3) is 0 Å². The van der Waals surface area contributed by atoms with Crippen LogP contribution in [0.1, 0.15) is 28.1 Å². The van der Waals surface area contributed by atoms with Crippen LogP contribution < -0.4 is 0 Å². The Labute approximate surface area is 127 Å². The molecule has 0 amide bonds. The molecule has 0 saturated carbocycles. The Hall–Kier alpha value is -2.56. The van der Waals surface area contributed by atoms with Crippen LogP contribution in [-0.2, 0) is 22.6 Å². The maximum atomic E-state index is 12.0. The lowest BCUT2D eigenvalue weighted by atomic mass is 10.0. The number of hydrogen-bond donors (Lipinski definition) is 0. The molecule has 2 aromatic heterocycles. The molecular weight excluding hydrogens is 282 g/mol. The van der Waals surface area contributed by atoms with E-state index in [1.54, 1.807) is 19.3 Å². The number of carbonyl (C=O) groups excluding carboxylic acids is 1. The Bertz CT molecular complexity index is 828. The smallest absolute Gasteiger partial charge is 0.310 e. The summed E-state index contributed by atoms with van der Waals surface area (Å²) in [5, 5.41) is 4.74. The number of hydrogen-bond acceptors (Lipinski definition) is 5. The van der Waals surface area contributed by atoms with Gasteiger partial charge in [-0.15, -0.1) is 0 Å². The molecule has 0 atom stereocenters. The third-order valence-electron chi connectivity index (χ3n) is 3.73. The molecule has 0 saturated heterocycles. The number of carbonyl (C=O) groups is 1. The zero-order valence-electron chi connectivity index (χ0n) is 12.8. The summed E-state index contributed by atoms with van der Waals surface area (Å²) in [5.74, 6) is 0.374. The van der Waals surface area contributed by atoms with Crippen molar-refractivity contribution in [3.8, 4) is 0 Å². The third-order valence-corrected chi connectivity index (χ3v) is 3.73. The van der Waals surface area contributed by atoms with Crippen molar-refractivity contribution in [3.63, 3.8) is 0 Å². The predicted octanol–water partition coefficient (Wildman–Crippen LogP) is 3.63. The lowest BCUT2D eigenvalue weighted by Crippen LogP contribution is -2.07. The zero-order valence-corrected chi connectivity index (χ0v) is 12.8. The van der Waals surface area contributed by atoms with Gasteiger partial charge in [0.1, 0.15) is 23.6 Å². The first-order valence-electron chi connectivity index (χ1n) is 7.08. The van der Waals surface area contributed by atoms with Crippen LogP contribution in [0.4, 0.5) is 0 Å². The summed E-state index contributed by atoms with van der Waals surface area (Å²) in [4.78, 5) is 12.0. The maximum absolute atomic E-state index is 12.0. The monoisotopic (exact) mass is 299 g/mol. The van der Waals surface area contributed by atoms with E-state index in [0.29, 0.717) is 11.5 Å². The zero-order chi connectivity index (χ0) is 15.7. The minimum atomic E-state index is -0.318. The molecule has 0 unspecified atom stereocenters. The van der Waals surface area contributed by atoms with E-state index in [2.05, 4.69) is 5.16 Å². The van der Waals surface area contributed by atoms with E-state index in [1.165, 1.54) is 0 Å². The molecular formula is C17H17NO4. The average Bonchev–Trinajstić information content (AvgIpc) is 3.08. The first-order chi connectivity index (χ1) is 10.5. The molecule has 5 nitrogen and oxygen atoms in total. The molecule has 0 aliphatic heterocycles. The highest BCUT2D eigenvalue weighted by atomic mass is 16.5. The number of benzene rings is 1. The fourth-order valence-corrected chi connectivity index (χ4v) is 2.37. The number of fused-ring (bicyclic) bond motifs is 1. The SMILES string of the molecule is Cc1cc(COC(=O)Cc2coc3c(C)c(C)ccc23)no1. The summed E-state index contributed by atoms with van der Waals surface area (Å²) >= 11 is 0. The van der Waals surface area contributed by atoms with Gasteiger partial charge >= 0.3 is 5.97 Å². The second-order valence-corrected chi connectivity index (χ2v) is 5.41. The lowest BCUT2D eigenvalue weighted by Gasteiger charge is -2.02. The van der Waals surface area contributed by atoms with Crippen LogP contribution in [0, 0.1) is 20.8 Å². The van der Waals surface area contributed by atoms with Crippen LogP contribution in [0.15, 0.2) is 33.4 Å². The Morgan fingerprint density at radius 1 is 1.27 bits per heavy atom. The summed E-state index contributed by atoms with van der Waals surface area (Å²) in [6.07, 6.45) is 1.80. The highest BCUT2D eigenvalue weighted by Gasteiger charge is 2.14. The van der Waals surface area contributed by atoms with Crippen LogP contribution >= 0.6 is 0 Å². The van der Waals surface area contributed by atoms with Crippen molar-refractivity contribution in [1.82, 2.24) is 5.16 Å². The van der Waals surface area contributed by atoms with Crippen molar-refractivity contribution in [2.24, 2.45) is 0 Å². The van der Waals surface area contributed by atoms with E-state index in [4.69, 9.17) is 13.7 Å². The van der Waals surface area contributed by atoms with Gasteiger partial charge in [-0.3, -0.25) is 4.79 Å². The van der Waals surface area contributed by atoms with Crippen LogP contribution in [0.2, 0.25) is 0 Å². The molecule has 22 heavy (non-hydrogen) atoms. The molecule has 0 N–H and O–H groups in total. The quantitative estimate of drug-likeness (QED) is 0.688. The van der Waals surface area contributed by atoms with Crippen LogP contribution in [0.25, 0.3) is 11.0 Å². The molecule has 0 aliphatic carbocycles. The molecule has 1 aromatic carbocycles. The number of furan rings is 1. The number of ether oxygens (including phenoxy) is 1. The maximum Gasteiger partial charge on any atom is 0.310 e. The standard InChI is InChI=1S/C17H17NO4/c1-10-4-5-15-13(8-21-17(15)12(10)3)7-16(19)20-9-14-6-11(2)22-18-14/h4-6,8H,7,9H2,1-3H3. The van der Waals surface area contributed by atoms with Gasteiger partial charge in [-0.1, -0.05) is 17.3 Å². The van der Waals surface area contributed by atoms with E-state index >= 15 is 0 Å². The van der Waals surface area contributed by atoms with Gasteiger partial charge in [0.15, 0.2) is 0 Å². The second kappa shape index (κ2) is 5.67. The third kappa shape index (κ3) is 2.74. The first kappa shape index (κ1) is 14.4. The molecule has 0 spiro atoms. The summed E-state index contributed by atoms with van der Waals surface area (Å²) in [6.45, 7) is 5.95. The highest BCUT2D eigenvalue weighted by molar-refractivity contribution is 5.88. The van der Waals surface area contributed by atoms with Gasteiger partial charge in [0.2, 0.25) is 0 Å². The van der Waals surface area contributed by atoms with Crippen molar-refractivity contribution in [3.05, 3.63) is 52.6 Å². The number of esters is 1. The fraction of sp³-hybridized carbons (Fsp3) is 0.294. The van der Waals surface area contributed by atoms with E-state index < -0.39 is 0 Å². The Morgan fingerprint density at radius 3 is 2.82 bits per heavy atom. The van der Waals surface area contributed by atoms with Gasteiger partial charge in [0.05, 0.1) is 12.7 Å². The van der Waals surface area contributed by atoms with Crippen LogP contribution in [-0.4, -0.2) is 11.1 Å². The first-order valence-corrected chi connectivity index (χ1v) is 7.08. The summed E-state index contributed by atoms with van der Waals surface area (Å²) in [5.41, 5.74) is 4.52. The van der Waals surface area contributed by atoms with E-state index in [0.717, 1.165) is 27.7 Å². The topological polar surface area (TPSA) is 65.5 Å². The Balaban J connectivity index is 1.70.